The number of rotatable bonds is 7. The maximum absolute atomic E-state index is 13.6. The Hall–Kier alpha value is -3.57. The lowest BCUT2D eigenvalue weighted by atomic mass is 9.99. The second-order valence-corrected chi connectivity index (χ2v) is 10.1. The van der Waals surface area contributed by atoms with E-state index < -0.39 is 0 Å². The first-order valence-corrected chi connectivity index (χ1v) is 12.8. The molecule has 4 rings (SSSR count). The van der Waals surface area contributed by atoms with E-state index in [1.807, 2.05) is 38.1 Å². The molecule has 1 aromatic carbocycles. The molecule has 3 atom stereocenters. The highest BCUT2D eigenvalue weighted by atomic mass is 16.5. The van der Waals surface area contributed by atoms with Crippen molar-refractivity contribution in [3.8, 4) is 23.5 Å². The van der Waals surface area contributed by atoms with Gasteiger partial charge in [-0.3, -0.25) is 9.59 Å². The van der Waals surface area contributed by atoms with Crippen LogP contribution in [-0.4, -0.2) is 77.7 Å². The fraction of sp³-hybridized carbons (Fsp3) is 0.483. The minimum Gasteiger partial charge on any atom is -0.497 e. The normalized spacial score (nSPS) is 19.9. The van der Waals surface area contributed by atoms with Crippen LogP contribution in [-0.2, 0) is 4.79 Å². The highest BCUT2D eigenvalue weighted by Gasteiger charge is 2.35. The SMILES string of the molecule is COc1ccc(C#Cc2cnc3c(c2)C(=O)N([C@@H](C)CO)C[C@H](C)[C@H](CN(C)C(=O)CC2CC2)O3)cc1. The zero-order valence-corrected chi connectivity index (χ0v) is 21.9. The van der Waals surface area contributed by atoms with Crippen LogP contribution in [0, 0.1) is 23.7 Å². The molecule has 2 aromatic rings. The quantitative estimate of drug-likeness (QED) is 0.582. The molecule has 8 heteroatoms. The van der Waals surface area contributed by atoms with Crippen LogP contribution in [0.15, 0.2) is 36.5 Å². The van der Waals surface area contributed by atoms with E-state index in [1.54, 1.807) is 36.2 Å². The lowest BCUT2D eigenvalue weighted by Gasteiger charge is -2.37. The van der Waals surface area contributed by atoms with Gasteiger partial charge in [-0.25, -0.2) is 4.98 Å². The van der Waals surface area contributed by atoms with Gasteiger partial charge in [0, 0.05) is 43.3 Å². The largest absolute Gasteiger partial charge is 0.497 e. The van der Waals surface area contributed by atoms with Gasteiger partial charge in [0.15, 0.2) is 0 Å². The molecule has 0 unspecified atom stereocenters. The lowest BCUT2D eigenvalue weighted by Crippen LogP contribution is -2.50. The van der Waals surface area contributed by atoms with Crippen LogP contribution < -0.4 is 9.47 Å². The summed E-state index contributed by atoms with van der Waals surface area (Å²) in [5.74, 6) is 7.39. The number of carbonyl (C=O) groups excluding carboxylic acids is 2. The van der Waals surface area contributed by atoms with Gasteiger partial charge in [-0.15, -0.1) is 0 Å². The Bertz CT molecular complexity index is 1180. The molecule has 1 aliphatic heterocycles. The molecule has 1 saturated carbocycles. The summed E-state index contributed by atoms with van der Waals surface area (Å²) in [6.07, 6.45) is 4.03. The van der Waals surface area contributed by atoms with Crippen molar-refractivity contribution in [2.75, 3.05) is 33.9 Å². The Labute approximate surface area is 218 Å². The van der Waals surface area contributed by atoms with E-state index in [2.05, 4.69) is 16.8 Å². The molecule has 1 aliphatic carbocycles. The van der Waals surface area contributed by atoms with Crippen molar-refractivity contribution in [3.05, 3.63) is 53.2 Å². The summed E-state index contributed by atoms with van der Waals surface area (Å²) in [5, 5.41) is 9.85. The molecular formula is C29H35N3O5. The third-order valence-electron chi connectivity index (χ3n) is 7.00. The molecule has 2 aliphatic rings. The predicted octanol–water partition coefficient (Wildman–Crippen LogP) is 2.97. The average Bonchev–Trinajstić information content (AvgIpc) is 3.73. The Morgan fingerprint density at radius 1 is 1.27 bits per heavy atom. The van der Waals surface area contributed by atoms with Crippen molar-refractivity contribution < 1.29 is 24.2 Å². The van der Waals surface area contributed by atoms with E-state index in [4.69, 9.17) is 9.47 Å². The highest BCUT2D eigenvalue weighted by Crippen LogP contribution is 2.33. The Morgan fingerprint density at radius 2 is 1.97 bits per heavy atom. The third kappa shape index (κ3) is 6.60. The zero-order valence-electron chi connectivity index (χ0n) is 21.9. The maximum Gasteiger partial charge on any atom is 0.259 e. The van der Waals surface area contributed by atoms with Gasteiger partial charge in [0.1, 0.15) is 17.4 Å². The summed E-state index contributed by atoms with van der Waals surface area (Å²) in [4.78, 5) is 34.1. The maximum atomic E-state index is 13.6. The molecule has 2 amide bonds. The second-order valence-electron chi connectivity index (χ2n) is 10.1. The van der Waals surface area contributed by atoms with Crippen molar-refractivity contribution in [2.45, 2.75) is 45.3 Å². The average molecular weight is 506 g/mol. The second kappa shape index (κ2) is 11.7. The highest BCUT2D eigenvalue weighted by molar-refractivity contribution is 5.97. The number of aliphatic hydroxyl groups excluding tert-OH is 1. The fourth-order valence-corrected chi connectivity index (χ4v) is 4.30. The van der Waals surface area contributed by atoms with Crippen LogP contribution in [0.4, 0.5) is 0 Å². The molecule has 196 valence electrons. The van der Waals surface area contributed by atoms with Crippen molar-refractivity contribution in [3.63, 3.8) is 0 Å². The molecule has 0 saturated heterocycles. The van der Waals surface area contributed by atoms with Crippen molar-refractivity contribution in [1.29, 1.82) is 0 Å². The van der Waals surface area contributed by atoms with E-state index in [1.165, 1.54) is 0 Å². The van der Waals surface area contributed by atoms with Gasteiger partial charge in [0.25, 0.3) is 5.91 Å². The molecule has 2 heterocycles. The smallest absolute Gasteiger partial charge is 0.259 e. The zero-order chi connectivity index (χ0) is 26.5. The van der Waals surface area contributed by atoms with Crippen LogP contribution in [0.25, 0.3) is 0 Å². The number of hydrogen-bond acceptors (Lipinski definition) is 6. The van der Waals surface area contributed by atoms with Crippen LogP contribution in [0.2, 0.25) is 0 Å². The van der Waals surface area contributed by atoms with E-state index >= 15 is 0 Å². The number of ether oxygens (including phenoxy) is 2. The predicted molar refractivity (Wildman–Crippen MR) is 139 cm³/mol. The van der Waals surface area contributed by atoms with Crippen molar-refractivity contribution in [1.82, 2.24) is 14.8 Å². The number of likely N-dealkylation sites (N-methyl/N-ethyl adjacent to an activating group) is 1. The van der Waals surface area contributed by atoms with Crippen molar-refractivity contribution in [2.24, 2.45) is 11.8 Å². The van der Waals surface area contributed by atoms with E-state index in [9.17, 15) is 14.7 Å². The topological polar surface area (TPSA) is 92.2 Å². The third-order valence-corrected chi connectivity index (χ3v) is 7.00. The van der Waals surface area contributed by atoms with Gasteiger partial charge in [-0.1, -0.05) is 18.8 Å². The number of carbonyl (C=O) groups is 2. The summed E-state index contributed by atoms with van der Waals surface area (Å²) in [6.45, 7) is 4.42. The number of methoxy groups -OCH3 is 1. The minimum atomic E-state index is -0.384. The first-order chi connectivity index (χ1) is 17.8. The molecule has 0 spiro atoms. The number of nitrogens with zero attached hydrogens (tertiary/aromatic N) is 3. The number of pyridine rings is 1. The van der Waals surface area contributed by atoms with Crippen LogP contribution in [0.5, 0.6) is 11.6 Å². The van der Waals surface area contributed by atoms with E-state index in [-0.39, 0.29) is 42.4 Å². The molecule has 1 N–H and O–H groups in total. The summed E-state index contributed by atoms with van der Waals surface area (Å²) in [5.41, 5.74) is 1.68. The van der Waals surface area contributed by atoms with Crippen LogP contribution in [0.3, 0.4) is 0 Å². The summed E-state index contributed by atoms with van der Waals surface area (Å²) >= 11 is 0. The van der Waals surface area contributed by atoms with Gasteiger partial charge >= 0.3 is 0 Å². The monoisotopic (exact) mass is 505 g/mol. The van der Waals surface area contributed by atoms with Gasteiger partial charge in [0.05, 0.1) is 26.3 Å². The fourth-order valence-electron chi connectivity index (χ4n) is 4.30. The summed E-state index contributed by atoms with van der Waals surface area (Å²) < 4.78 is 11.5. The Morgan fingerprint density at radius 3 is 2.62 bits per heavy atom. The summed E-state index contributed by atoms with van der Waals surface area (Å²) in [6, 6.07) is 8.69. The van der Waals surface area contributed by atoms with Crippen molar-refractivity contribution >= 4 is 11.8 Å². The van der Waals surface area contributed by atoms with Gasteiger partial charge in [-0.2, -0.15) is 0 Å². The van der Waals surface area contributed by atoms with Crippen LogP contribution >= 0.6 is 0 Å². The number of aliphatic hydroxyl groups is 1. The molecule has 8 nitrogen and oxygen atoms in total. The van der Waals surface area contributed by atoms with E-state index in [0.29, 0.717) is 36.6 Å². The Balaban J connectivity index is 1.61. The lowest BCUT2D eigenvalue weighted by molar-refractivity contribution is -0.131. The molecule has 0 bridgehead atoms. The summed E-state index contributed by atoms with van der Waals surface area (Å²) in [7, 11) is 3.41. The first-order valence-electron chi connectivity index (χ1n) is 12.8. The number of hydrogen-bond donors (Lipinski definition) is 1. The molecule has 37 heavy (non-hydrogen) atoms. The number of amides is 2. The van der Waals surface area contributed by atoms with Gasteiger partial charge < -0.3 is 24.4 Å². The Kier molecular flexibility index (Phi) is 8.34. The number of aromatic nitrogens is 1. The molecule has 0 radical (unpaired) electrons. The number of benzene rings is 1. The van der Waals surface area contributed by atoms with Gasteiger partial charge in [-0.05, 0) is 56.0 Å². The van der Waals surface area contributed by atoms with Crippen LogP contribution in [0.1, 0.15) is 54.6 Å². The standard InChI is InChI=1S/C29H35N3O5/c1-19-16-32(20(2)18-33)29(35)25-13-23(8-5-21-9-11-24(36-4)12-10-21)15-30-28(25)37-26(19)17-31(3)27(34)14-22-6-7-22/h9-13,15,19-20,22,26,33H,6-7,14,16-18H2,1-4H3/t19-,20-,26-/m0/s1. The molecular weight excluding hydrogens is 470 g/mol. The van der Waals surface area contributed by atoms with E-state index in [0.717, 1.165) is 24.2 Å². The van der Waals surface area contributed by atoms with Gasteiger partial charge in [0.2, 0.25) is 11.8 Å². The first kappa shape index (κ1) is 26.5. The molecule has 1 aromatic heterocycles. The molecule has 1 fully saturated rings. The minimum absolute atomic E-state index is 0.0846. The number of fused-ring (bicyclic) bond motifs is 1.